The normalized spacial score (nSPS) is 16.1. The van der Waals surface area contributed by atoms with Crippen LogP contribution < -0.4 is 5.73 Å². The molecule has 1 aromatic carbocycles. The number of benzene rings is 1. The standard InChI is InChI=1S/C13H16ClN3O3/c14-10-5-9(6-11(15)7-10)13(20)17-3-1-16(2-4-17)8-12(18)19/h5-7H,1-4,8,15H2,(H,18,19). The topological polar surface area (TPSA) is 86.9 Å². The van der Waals surface area contributed by atoms with E-state index in [1.165, 1.54) is 0 Å². The number of carboxylic acids is 1. The first-order valence-electron chi connectivity index (χ1n) is 6.25. The fourth-order valence-electron chi connectivity index (χ4n) is 2.22. The summed E-state index contributed by atoms with van der Waals surface area (Å²) in [5.74, 6) is -0.985. The quantitative estimate of drug-likeness (QED) is 0.805. The molecule has 1 heterocycles. The third-order valence-corrected chi connectivity index (χ3v) is 3.40. The van der Waals surface area contributed by atoms with Gasteiger partial charge in [-0.2, -0.15) is 0 Å². The van der Waals surface area contributed by atoms with Gasteiger partial charge in [0.05, 0.1) is 6.54 Å². The van der Waals surface area contributed by atoms with E-state index >= 15 is 0 Å². The number of amides is 1. The molecule has 20 heavy (non-hydrogen) atoms. The molecule has 1 fully saturated rings. The van der Waals surface area contributed by atoms with Crippen LogP contribution in [0.15, 0.2) is 18.2 Å². The zero-order valence-corrected chi connectivity index (χ0v) is 11.6. The van der Waals surface area contributed by atoms with E-state index in [0.29, 0.717) is 42.5 Å². The number of hydrogen-bond donors (Lipinski definition) is 2. The smallest absolute Gasteiger partial charge is 0.317 e. The summed E-state index contributed by atoms with van der Waals surface area (Å²) < 4.78 is 0. The molecular weight excluding hydrogens is 282 g/mol. The number of anilines is 1. The lowest BCUT2D eigenvalue weighted by molar-refractivity contribution is -0.138. The molecule has 1 amide bonds. The molecule has 0 unspecified atom stereocenters. The van der Waals surface area contributed by atoms with Gasteiger partial charge in [0.1, 0.15) is 0 Å². The molecule has 2 rings (SSSR count). The Hall–Kier alpha value is -1.79. The lowest BCUT2D eigenvalue weighted by atomic mass is 10.1. The number of piperazine rings is 1. The maximum atomic E-state index is 12.3. The van der Waals surface area contributed by atoms with Gasteiger partial charge in [0, 0.05) is 42.5 Å². The maximum absolute atomic E-state index is 12.3. The summed E-state index contributed by atoms with van der Waals surface area (Å²) in [6.45, 7) is 2.10. The number of carbonyl (C=O) groups is 2. The van der Waals surface area contributed by atoms with E-state index < -0.39 is 5.97 Å². The zero-order chi connectivity index (χ0) is 14.7. The Balaban J connectivity index is 1.99. The zero-order valence-electron chi connectivity index (χ0n) is 10.9. The average molecular weight is 298 g/mol. The number of carbonyl (C=O) groups excluding carboxylic acids is 1. The van der Waals surface area contributed by atoms with Crippen molar-refractivity contribution in [2.45, 2.75) is 0 Å². The Bertz CT molecular complexity index is 507. The van der Waals surface area contributed by atoms with Crippen LogP contribution in [0.4, 0.5) is 5.69 Å². The van der Waals surface area contributed by atoms with Gasteiger partial charge < -0.3 is 15.7 Å². The highest BCUT2D eigenvalue weighted by Gasteiger charge is 2.23. The first-order valence-corrected chi connectivity index (χ1v) is 6.63. The predicted octanol–water partition coefficient (Wildman–Crippen LogP) is 0.765. The number of nitrogen functional groups attached to an aromatic ring is 1. The van der Waals surface area contributed by atoms with Gasteiger partial charge in [0.2, 0.25) is 0 Å². The number of rotatable bonds is 3. The minimum Gasteiger partial charge on any atom is -0.480 e. The third kappa shape index (κ3) is 3.61. The molecule has 1 aliphatic rings. The van der Waals surface area contributed by atoms with E-state index in [2.05, 4.69) is 0 Å². The molecule has 0 radical (unpaired) electrons. The summed E-state index contributed by atoms with van der Waals surface area (Å²) in [6, 6.07) is 4.77. The molecule has 1 aromatic rings. The first kappa shape index (κ1) is 14.6. The van der Waals surface area contributed by atoms with Crippen LogP contribution in [0.3, 0.4) is 0 Å². The van der Waals surface area contributed by atoms with Crippen LogP contribution >= 0.6 is 11.6 Å². The Morgan fingerprint density at radius 2 is 1.85 bits per heavy atom. The second-order valence-corrected chi connectivity index (χ2v) is 5.17. The molecule has 1 saturated heterocycles. The van der Waals surface area contributed by atoms with Crippen molar-refractivity contribution in [3.8, 4) is 0 Å². The van der Waals surface area contributed by atoms with E-state index in [1.54, 1.807) is 28.0 Å². The van der Waals surface area contributed by atoms with Crippen LogP contribution in [-0.4, -0.2) is 59.5 Å². The maximum Gasteiger partial charge on any atom is 0.317 e. The number of hydrogen-bond acceptors (Lipinski definition) is 4. The van der Waals surface area contributed by atoms with Crippen LogP contribution in [-0.2, 0) is 4.79 Å². The van der Waals surface area contributed by atoms with Gasteiger partial charge in [-0.1, -0.05) is 11.6 Å². The van der Waals surface area contributed by atoms with Crippen LogP contribution in [0.25, 0.3) is 0 Å². The SMILES string of the molecule is Nc1cc(Cl)cc(C(=O)N2CCN(CC(=O)O)CC2)c1. The summed E-state index contributed by atoms with van der Waals surface area (Å²) in [7, 11) is 0. The Labute approximate surface area is 121 Å². The van der Waals surface area contributed by atoms with Crippen molar-refractivity contribution in [1.29, 1.82) is 0 Å². The van der Waals surface area contributed by atoms with Gasteiger partial charge in [-0.3, -0.25) is 14.5 Å². The van der Waals surface area contributed by atoms with Crippen molar-refractivity contribution in [2.24, 2.45) is 0 Å². The summed E-state index contributed by atoms with van der Waals surface area (Å²) in [5.41, 5.74) is 6.58. The molecule has 0 bridgehead atoms. The minimum absolute atomic E-state index is 0.00609. The summed E-state index contributed by atoms with van der Waals surface area (Å²) in [6.07, 6.45) is 0. The number of halogens is 1. The van der Waals surface area contributed by atoms with Crippen molar-refractivity contribution in [3.63, 3.8) is 0 Å². The lowest BCUT2D eigenvalue weighted by Crippen LogP contribution is -2.49. The van der Waals surface area contributed by atoms with Gasteiger partial charge in [0.25, 0.3) is 5.91 Å². The fraction of sp³-hybridized carbons (Fsp3) is 0.385. The molecular formula is C13H16ClN3O3. The van der Waals surface area contributed by atoms with Crippen LogP contribution in [0.1, 0.15) is 10.4 Å². The van der Waals surface area contributed by atoms with Crippen LogP contribution in [0, 0.1) is 0 Å². The number of aliphatic carboxylic acids is 1. The molecule has 0 aliphatic carbocycles. The second-order valence-electron chi connectivity index (χ2n) is 4.74. The molecule has 0 spiro atoms. The molecule has 0 atom stereocenters. The van der Waals surface area contributed by atoms with Gasteiger partial charge in [0.15, 0.2) is 0 Å². The Morgan fingerprint density at radius 3 is 2.40 bits per heavy atom. The number of carboxylic acid groups (broad SMARTS) is 1. The predicted molar refractivity (Wildman–Crippen MR) is 75.8 cm³/mol. The highest BCUT2D eigenvalue weighted by molar-refractivity contribution is 6.31. The van der Waals surface area contributed by atoms with E-state index in [9.17, 15) is 9.59 Å². The highest BCUT2D eigenvalue weighted by atomic mass is 35.5. The van der Waals surface area contributed by atoms with E-state index in [-0.39, 0.29) is 12.5 Å². The van der Waals surface area contributed by atoms with Gasteiger partial charge in [-0.05, 0) is 18.2 Å². The summed E-state index contributed by atoms with van der Waals surface area (Å²) in [4.78, 5) is 26.4. The van der Waals surface area contributed by atoms with Gasteiger partial charge in [-0.15, -0.1) is 0 Å². The molecule has 6 nitrogen and oxygen atoms in total. The Kier molecular flexibility index (Phi) is 4.46. The lowest BCUT2D eigenvalue weighted by Gasteiger charge is -2.33. The molecule has 0 aromatic heterocycles. The van der Waals surface area contributed by atoms with Crippen LogP contribution in [0.2, 0.25) is 5.02 Å². The average Bonchev–Trinajstić information content (AvgIpc) is 2.37. The molecule has 3 N–H and O–H groups in total. The largest absolute Gasteiger partial charge is 0.480 e. The van der Waals surface area contributed by atoms with Crippen molar-refractivity contribution < 1.29 is 14.7 Å². The van der Waals surface area contributed by atoms with Crippen molar-refractivity contribution in [3.05, 3.63) is 28.8 Å². The Morgan fingerprint density at radius 1 is 1.20 bits per heavy atom. The highest BCUT2D eigenvalue weighted by Crippen LogP contribution is 2.18. The van der Waals surface area contributed by atoms with E-state index in [0.717, 1.165) is 0 Å². The minimum atomic E-state index is -0.854. The molecule has 108 valence electrons. The number of nitrogens with two attached hydrogens (primary N) is 1. The van der Waals surface area contributed by atoms with Crippen LogP contribution in [0.5, 0.6) is 0 Å². The number of nitrogens with zero attached hydrogens (tertiary/aromatic N) is 2. The molecule has 1 aliphatic heterocycles. The monoisotopic (exact) mass is 297 g/mol. The van der Waals surface area contributed by atoms with E-state index in [1.807, 2.05) is 0 Å². The summed E-state index contributed by atoms with van der Waals surface area (Å²) >= 11 is 5.89. The second kappa shape index (κ2) is 6.11. The molecule has 7 heteroatoms. The van der Waals surface area contributed by atoms with Crippen molar-refractivity contribution in [2.75, 3.05) is 38.5 Å². The van der Waals surface area contributed by atoms with Gasteiger partial charge >= 0.3 is 5.97 Å². The summed E-state index contributed by atoms with van der Waals surface area (Å²) in [5, 5.41) is 9.16. The third-order valence-electron chi connectivity index (χ3n) is 3.19. The van der Waals surface area contributed by atoms with Gasteiger partial charge in [-0.25, -0.2) is 0 Å². The van der Waals surface area contributed by atoms with E-state index in [4.69, 9.17) is 22.4 Å². The first-order chi connectivity index (χ1) is 9.45. The molecule has 0 saturated carbocycles. The fourth-order valence-corrected chi connectivity index (χ4v) is 2.46. The van der Waals surface area contributed by atoms with Crippen molar-refractivity contribution in [1.82, 2.24) is 9.80 Å². The van der Waals surface area contributed by atoms with Crippen molar-refractivity contribution >= 4 is 29.2 Å².